The first-order valence-corrected chi connectivity index (χ1v) is 6.77. The van der Waals surface area contributed by atoms with Crippen molar-refractivity contribution in [2.45, 2.75) is 24.9 Å². The van der Waals surface area contributed by atoms with E-state index in [-0.39, 0.29) is 5.91 Å². The van der Waals surface area contributed by atoms with Crippen LogP contribution in [0.4, 0.5) is 0 Å². The van der Waals surface area contributed by atoms with E-state index in [2.05, 4.69) is 10.4 Å². The lowest BCUT2D eigenvalue weighted by molar-refractivity contribution is -0.0300. The summed E-state index contributed by atoms with van der Waals surface area (Å²) < 4.78 is 1.66. The van der Waals surface area contributed by atoms with E-state index in [1.165, 1.54) is 6.20 Å². The van der Waals surface area contributed by atoms with Gasteiger partial charge < -0.3 is 10.4 Å². The van der Waals surface area contributed by atoms with Crippen molar-refractivity contribution >= 4 is 5.91 Å². The SMILES string of the molecule is O=C(NCC1(O)CCC1)c1cnn(-c2ccccc2)c1. The molecule has 1 saturated carbocycles. The van der Waals surface area contributed by atoms with Gasteiger partial charge in [0.05, 0.1) is 23.0 Å². The normalized spacial score (nSPS) is 16.4. The Balaban J connectivity index is 1.66. The number of aliphatic hydroxyl groups is 1. The van der Waals surface area contributed by atoms with Crippen LogP contribution in [0.25, 0.3) is 5.69 Å². The van der Waals surface area contributed by atoms with E-state index in [0.29, 0.717) is 12.1 Å². The van der Waals surface area contributed by atoms with Gasteiger partial charge in [0.1, 0.15) is 0 Å². The minimum atomic E-state index is -0.703. The van der Waals surface area contributed by atoms with Crippen molar-refractivity contribution in [2.75, 3.05) is 6.54 Å². The van der Waals surface area contributed by atoms with Gasteiger partial charge in [0.25, 0.3) is 5.91 Å². The van der Waals surface area contributed by atoms with Crippen molar-refractivity contribution in [3.05, 3.63) is 48.3 Å². The van der Waals surface area contributed by atoms with Gasteiger partial charge in [-0.05, 0) is 31.4 Å². The van der Waals surface area contributed by atoms with E-state index < -0.39 is 5.60 Å². The smallest absolute Gasteiger partial charge is 0.254 e. The molecule has 1 heterocycles. The fourth-order valence-electron chi connectivity index (χ4n) is 2.27. The molecule has 0 radical (unpaired) electrons. The zero-order valence-corrected chi connectivity index (χ0v) is 11.1. The third kappa shape index (κ3) is 2.58. The second-order valence-corrected chi connectivity index (χ2v) is 5.27. The first-order valence-electron chi connectivity index (χ1n) is 6.77. The largest absolute Gasteiger partial charge is 0.388 e. The molecular weight excluding hydrogens is 254 g/mol. The van der Waals surface area contributed by atoms with Crippen LogP contribution in [0.5, 0.6) is 0 Å². The van der Waals surface area contributed by atoms with Crippen molar-refractivity contribution in [1.82, 2.24) is 15.1 Å². The molecule has 3 rings (SSSR count). The van der Waals surface area contributed by atoms with Crippen molar-refractivity contribution in [1.29, 1.82) is 0 Å². The van der Waals surface area contributed by atoms with Crippen LogP contribution >= 0.6 is 0 Å². The lowest BCUT2D eigenvalue weighted by Gasteiger charge is -2.36. The number of rotatable bonds is 4. The second kappa shape index (κ2) is 5.09. The maximum atomic E-state index is 12.0. The highest BCUT2D eigenvalue weighted by atomic mass is 16.3. The third-order valence-electron chi connectivity index (χ3n) is 3.73. The van der Waals surface area contributed by atoms with E-state index in [1.54, 1.807) is 10.9 Å². The lowest BCUT2D eigenvalue weighted by Crippen LogP contribution is -2.47. The van der Waals surface area contributed by atoms with Crippen LogP contribution < -0.4 is 5.32 Å². The summed E-state index contributed by atoms with van der Waals surface area (Å²) in [6.45, 7) is 0.308. The minimum absolute atomic E-state index is 0.201. The molecular formula is C15H17N3O2. The highest BCUT2D eigenvalue weighted by Gasteiger charge is 2.34. The van der Waals surface area contributed by atoms with Crippen molar-refractivity contribution < 1.29 is 9.90 Å². The number of amides is 1. The molecule has 0 atom stereocenters. The number of hydrogen-bond acceptors (Lipinski definition) is 3. The van der Waals surface area contributed by atoms with Crippen molar-refractivity contribution in [3.8, 4) is 5.69 Å². The first kappa shape index (κ1) is 12.9. The molecule has 1 aliphatic rings. The zero-order valence-electron chi connectivity index (χ0n) is 11.1. The fraction of sp³-hybridized carbons (Fsp3) is 0.333. The van der Waals surface area contributed by atoms with Gasteiger partial charge in [-0.25, -0.2) is 4.68 Å². The van der Waals surface area contributed by atoms with E-state index in [4.69, 9.17) is 0 Å². The van der Waals surface area contributed by atoms with Crippen LogP contribution in [0.3, 0.4) is 0 Å². The summed E-state index contributed by atoms with van der Waals surface area (Å²) >= 11 is 0. The predicted octanol–water partition coefficient (Wildman–Crippen LogP) is 1.52. The molecule has 1 aromatic carbocycles. The molecule has 2 aromatic rings. The Labute approximate surface area is 117 Å². The van der Waals surface area contributed by atoms with Crippen molar-refractivity contribution in [3.63, 3.8) is 0 Å². The molecule has 0 aliphatic heterocycles. The Kier molecular flexibility index (Phi) is 3.28. The van der Waals surface area contributed by atoms with Gasteiger partial charge in [-0.3, -0.25) is 4.79 Å². The zero-order chi connectivity index (χ0) is 14.0. The number of nitrogens with zero attached hydrogens (tertiary/aromatic N) is 2. The lowest BCUT2D eigenvalue weighted by atomic mass is 9.80. The molecule has 0 spiro atoms. The monoisotopic (exact) mass is 271 g/mol. The van der Waals surface area contributed by atoms with Gasteiger partial charge in [-0.15, -0.1) is 0 Å². The van der Waals surface area contributed by atoms with Crippen LogP contribution in [-0.2, 0) is 0 Å². The molecule has 0 unspecified atom stereocenters. The average molecular weight is 271 g/mol. The van der Waals surface area contributed by atoms with Gasteiger partial charge >= 0.3 is 0 Å². The molecule has 104 valence electrons. The topological polar surface area (TPSA) is 67.2 Å². The Morgan fingerprint density at radius 2 is 2.10 bits per heavy atom. The number of aromatic nitrogens is 2. The van der Waals surface area contributed by atoms with Gasteiger partial charge in [0, 0.05) is 12.7 Å². The molecule has 5 heteroatoms. The Morgan fingerprint density at radius 3 is 2.75 bits per heavy atom. The summed E-state index contributed by atoms with van der Waals surface area (Å²) in [6.07, 6.45) is 5.77. The van der Waals surface area contributed by atoms with Crippen molar-refractivity contribution in [2.24, 2.45) is 0 Å². The van der Waals surface area contributed by atoms with E-state index in [0.717, 1.165) is 24.9 Å². The summed E-state index contributed by atoms with van der Waals surface area (Å²) in [5, 5.41) is 16.9. The summed E-state index contributed by atoms with van der Waals surface area (Å²) in [5.74, 6) is -0.201. The van der Waals surface area contributed by atoms with Crippen LogP contribution in [0.2, 0.25) is 0 Å². The van der Waals surface area contributed by atoms with Crippen LogP contribution in [-0.4, -0.2) is 32.9 Å². The Hall–Kier alpha value is -2.14. The third-order valence-corrected chi connectivity index (χ3v) is 3.73. The molecule has 0 bridgehead atoms. The van der Waals surface area contributed by atoms with Gasteiger partial charge in [-0.2, -0.15) is 5.10 Å². The molecule has 20 heavy (non-hydrogen) atoms. The highest BCUT2D eigenvalue weighted by Crippen LogP contribution is 2.30. The molecule has 1 aromatic heterocycles. The second-order valence-electron chi connectivity index (χ2n) is 5.27. The van der Waals surface area contributed by atoms with Crippen LogP contribution in [0.15, 0.2) is 42.7 Å². The number of carbonyl (C=O) groups is 1. The van der Waals surface area contributed by atoms with E-state index in [1.807, 2.05) is 30.3 Å². The van der Waals surface area contributed by atoms with Gasteiger partial charge in [0.2, 0.25) is 0 Å². The average Bonchev–Trinajstić information content (AvgIpc) is 2.93. The molecule has 0 saturated heterocycles. The predicted molar refractivity (Wildman–Crippen MR) is 74.7 cm³/mol. The minimum Gasteiger partial charge on any atom is -0.388 e. The van der Waals surface area contributed by atoms with Gasteiger partial charge in [0.15, 0.2) is 0 Å². The highest BCUT2D eigenvalue weighted by molar-refractivity contribution is 5.93. The summed E-state index contributed by atoms with van der Waals surface area (Å²) in [7, 11) is 0. The van der Waals surface area contributed by atoms with E-state index in [9.17, 15) is 9.90 Å². The first-order chi connectivity index (χ1) is 9.66. The Morgan fingerprint density at radius 1 is 1.35 bits per heavy atom. The summed E-state index contributed by atoms with van der Waals surface area (Å²) in [5.41, 5.74) is 0.700. The standard InChI is InChI=1S/C15H17N3O2/c19-14(16-11-15(20)7-4-8-15)12-9-17-18(10-12)13-5-2-1-3-6-13/h1-3,5-6,9-10,20H,4,7-8,11H2,(H,16,19). The van der Waals surface area contributed by atoms with Gasteiger partial charge in [-0.1, -0.05) is 18.2 Å². The number of carbonyl (C=O) groups excluding carboxylic acids is 1. The molecule has 1 aliphatic carbocycles. The maximum Gasteiger partial charge on any atom is 0.254 e. The molecule has 1 fully saturated rings. The van der Waals surface area contributed by atoms with Crippen LogP contribution in [0, 0.1) is 0 Å². The molecule has 2 N–H and O–H groups in total. The number of nitrogens with one attached hydrogen (secondary N) is 1. The van der Waals surface area contributed by atoms with Crippen LogP contribution in [0.1, 0.15) is 29.6 Å². The number of benzene rings is 1. The summed E-state index contributed by atoms with van der Waals surface area (Å²) in [6, 6.07) is 9.61. The van der Waals surface area contributed by atoms with E-state index >= 15 is 0 Å². The molecule has 1 amide bonds. The maximum absolute atomic E-state index is 12.0. The Bertz CT molecular complexity index is 603. The summed E-state index contributed by atoms with van der Waals surface area (Å²) in [4.78, 5) is 12.0. The number of hydrogen-bond donors (Lipinski definition) is 2. The molecule has 5 nitrogen and oxygen atoms in total. The quantitative estimate of drug-likeness (QED) is 0.886. The number of para-hydroxylation sites is 1. The fourth-order valence-corrected chi connectivity index (χ4v) is 2.27.